The summed E-state index contributed by atoms with van der Waals surface area (Å²) >= 11 is 5.89. The zero-order chi connectivity index (χ0) is 19.8. The van der Waals surface area contributed by atoms with Crippen LogP contribution in [-0.4, -0.2) is 37.0 Å². The van der Waals surface area contributed by atoms with Crippen molar-refractivity contribution in [2.75, 3.05) is 25.5 Å². The van der Waals surface area contributed by atoms with Crippen molar-refractivity contribution in [3.8, 4) is 0 Å². The summed E-state index contributed by atoms with van der Waals surface area (Å²) in [7, 11) is 1.57. The van der Waals surface area contributed by atoms with Crippen LogP contribution in [0.3, 0.4) is 0 Å². The van der Waals surface area contributed by atoms with Crippen LogP contribution in [0.2, 0.25) is 5.02 Å². The molecular formula is C18H18ClN3O5. The number of nitrogens with one attached hydrogen (secondary N) is 2. The highest BCUT2D eigenvalue weighted by molar-refractivity contribution is 6.30. The van der Waals surface area contributed by atoms with Crippen molar-refractivity contribution in [3.63, 3.8) is 0 Å². The van der Waals surface area contributed by atoms with E-state index in [1.807, 2.05) is 12.1 Å². The molecule has 0 bridgehead atoms. The maximum atomic E-state index is 12.2. The molecule has 0 heterocycles. The van der Waals surface area contributed by atoms with Crippen molar-refractivity contribution in [3.05, 3.63) is 68.7 Å². The number of benzene rings is 2. The molecule has 9 heteroatoms. The van der Waals surface area contributed by atoms with Gasteiger partial charge in [0.15, 0.2) is 6.61 Å². The molecule has 142 valence electrons. The molecule has 1 amide bonds. The molecule has 0 aliphatic carbocycles. The molecule has 27 heavy (non-hydrogen) atoms. The van der Waals surface area contributed by atoms with Gasteiger partial charge in [-0.15, -0.1) is 0 Å². The van der Waals surface area contributed by atoms with E-state index in [1.54, 1.807) is 19.2 Å². The van der Waals surface area contributed by atoms with Crippen LogP contribution in [0.4, 0.5) is 11.4 Å². The molecule has 2 aromatic rings. The van der Waals surface area contributed by atoms with Gasteiger partial charge in [0.2, 0.25) is 0 Å². The molecule has 0 saturated carbocycles. The predicted molar refractivity (Wildman–Crippen MR) is 101 cm³/mol. The van der Waals surface area contributed by atoms with Gasteiger partial charge in [-0.2, -0.15) is 0 Å². The second kappa shape index (κ2) is 9.54. The lowest BCUT2D eigenvalue weighted by Gasteiger charge is -2.10. The Balaban J connectivity index is 1.86. The molecule has 0 fully saturated rings. The van der Waals surface area contributed by atoms with Crippen molar-refractivity contribution in [1.82, 2.24) is 5.32 Å². The van der Waals surface area contributed by atoms with Crippen LogP contribution in [0.5, 0.6) is 0 Å². The summed E-state index contributed by atoms with van der Waals surface area (Å²) in [4.78, 5) is 34.2. The highest BCUT2D eigenvalue weighted by Crippen LogP contribution is 2.22. The van der Waals surface area contributed by atoms with Gasteiger partial charge in [0.05, 0.1) is 10.5 Å². The van der Waals surface area contributed by atoms with Crippen molar-refractivity contribution in [2.45, 2.75) is 6.42 Å². The Kier molecular flexibility index (Phi) is 7.13. The van der Waals surface area contributed by atoms with E-state index in [-0.39, 0.29) is 11.3 Å². The molecule has 0 radical (unpaired) electrons. The van der Waals surface area contributed by atoms with Crippen LogP contribution >= 0.6 is 11.6 Å². The fourth-order valence-corrected chi connectivity index (χ4v) is 2.54. The van der Waals surface area contributed by atoms with E-state index in [2.05, 4.69) is 10.6 Å². The highest BCUT2D eigenvalue weighted by Gasteiger charge is 2.18. The molecule has 0 spiro atoms. The third-order valence-electron chi connectivity index (χ3n) is 3.66. The smallest absolute Gasteiger partial charge is 0.341 e. The Hall–Kier alpha value is -3.13. The first-order valence-corrected chi connectivity index (χ1v) is 8.43. The molecule has 0 unspecified atom stereocenters. The summed E-state index contributed by atoms with van der Waals surface area (Å²) in [5, 5.41) is 16.9. The lowest BCUT2D eigenvalue weighted by atomic mass is 10.1. The Labute approximate surface area is 160 Å². The molecule has 0 aliphatic heterocycles. The molecule has 0 saturated heterocycles. The van der Waals surface area contributed by atoms with Crippen LogP contribution in [0, 0.1) is 10.1 Å². The van der Waals surface area contributed by atoms with Crippen LogP contribution in [0.15, 0.2) is 42.5 Å². The monoisotopic (exact) mass is 391 g/mol. The minimum absolute atomic E-state index is 0.0153. The van der Waals surface area contributed by atoms with Crippen LogP contribution < -0.4 is 10.6 Å². The van der Waals surface area contributed by atoms with Crippen molar-refractivity contribution >= 4 is 34.9 Å². The summed E-state index contributed by atoms with van der Waals surface area (Å²) in [5.41, 5.74) is 1.08. The number of rotatable bonds is 8. The fraction of sp³-hybridized carbons (Fsp3) is 0.222. The number of esters is 1. The lowest BCUT2D eigenvalue weighted by molar-refractivity contribution is -0.384. The lowest BCUT2D eigenvalue weighted by Crippen LogP contribution is -2.30. The third kappa shape index (κ3) is 5.96. The number of non-ortho nitro benzene ring substituents is 1. The maximum Gasteiger partial charge on any atom is 0.341 e. The molecule has 8 nitrogen and oxygen atoms in total. The number of hydrogen-bond donors (Lipinski definition) is 2. The standard InChI is InChI=1S/C18H18ClN3O5/c1-20-16-6-5-14(22(25)26)10-15(16)18(24)27-11-17(23)21-8-7-12-3-2-4-13(19)9-12/h2-6,9-10,20H,7-8,11H2,1H3,(H,21,23). The number of amides is 1. The summed E-state index contributed by atoms with van der Waals surface area (Å²) in [6.07, 6.45) is 0.578. The summed E-state index contributed by atoms with van der Waals surface area (Å²) in [5.74, 6) is -1.30. The van der Waals surface area contributed by atoms with E-state index in [9.17, 15) is 19.7 Å². The first kappa shape index (κ1) is 20.2. The fourth-order valence-electron chi connectivity index (χ4n) is 2.33. The van der Waals surface area contributed by atoms with Gasteiger partial charge < -0.3 is 15.4 Å². The Morgan fingerprint density at radius 3 is 2.67 bits per heavy atom. The predicted octanol–water partition coefficient (Wildman–Crippen LogP) is 2.81. The molecule has 0 aromatic heterocycles. The zero-order valence-electron chi connectivity index (χ0n) is 14.5. The molecule has 0 atom stereocenters. The first-order chi connectivity index (χ1) is 12.9. The average Bonchev–Trinajstić information content (AvgIpc) is 2.65. The van der Waals surface area contributed by atoms with Gasteiger partial charge in [-0.1, -0.05) is 23.7 Å². The van der Waals surface area contributed by atoms with E-state index in [4.69, 9.17) is 16.3 Å². The summed E-state index contributed by atoms with van der Waals surface area (Å²) < 4.78 is 4.95. The number of hydrogen-bond acceptors (Lipinski definition) is 6. The number of nitro benzene ring substituents is 1. The molecule has 2 N–H and O–H groups in total. The van der Waals surface area contributed by atoms with Gasteiger partial charge >= 0.3 is 5.97 Å². The minimum Gasteiger partial charge on any atom is -0.452 e. The van der Waals surface area contributed by atoms with Crippen molar-refractivity contribution in [2.24, 2.45) is 0 Å². The number of carbonyl (C=O) groups is 2. The first-order valence-electron chi connectivity index (χ1n) is 8.05. The SMILES string of the molecule is CNc1ccc([N+](=O)[O-])cc1C(=O)OCC(=O)NCCc1cccc(Cl)c1. The van der Waals surface area contributed by atoms with Gasteiger partial charge in [0, 0.05) is 36.4 Å². The van der Waals surface area contributed by atoms with E-state index >= 15 is 0 Å². The number of halogens is 1. The van der Waals surface area contributed by atoms with Gasteiger partial charge in [-0.25, -0.2) is 4.79 Å². The van der Waals surface area contributed by atoms with Crippen LogP contribution in [-0.2, 0) is 16.0 Å². The molecular weight excluding hydrogens is 374 g/mol. The zero-order valence-corrected chi connectivity index (χ0v) is 15.3. The normalized spacial score (nSPS) is 10.1. The molecule has 2 rings (SSSR count). The number of anilines is 1. The van der Waals surface area contributed by atoms with E-state index < -0.39 is 23.4 Å². The summed E-state index contributed by atoms with van der Waals surface area (Å²) in [6.45, 7) is -0.129. The van der Waals surface area contributed by atoms with Gasteiger partial charge in [-0.3, -0.25) is 14.9 Å². The van der Waals surface area contributed by atoms with Gasteiger partial charge in [0.1, 0.15) is 0 Å². The Bertz CT molecular complexity index is 857. The second-order valence-electron chi connectivity index (χ2n) is 5.54. The maximum absolute atomic E-state index is 12.2. The Morgan fingerprint density at radius 2 is 2.00 bits per heavy atom. The average molecular weight is 392 g/mol. The quantitative estimate of drug-likeness (QED) is 0.406. The Morgan fingerprint density at radius 1 is 1.22 bits per heavy atom. The third-order valence-corrected chi connectivity index (χ3v) is 3.90. The minimum atomic E-state index is -0.826. The second-order valence-corrected chi connectivity index (χ2v) is 5.98. The highest BCUT2D eigenvalue weighted by atomic mass is 35.5. The molecule has 2 aromatic carbocycles. The number of nitrogens with zero attached hydrogens (tertiary/aromatic N) is 1. The van der Waals surface area contributed by atoms with E-state index in [0.717, 1.165) is 11.6 Å². The van der Waals surface area contributed by atoms with Crippen LogP contribution in [0.25, 0.3) is 0 Å². The number of carbonyl (C=O) groups excluding carboxylic acids is 2. The largest absolute Gasteiger partial charge is 0.452 e. The number of nitro groups is 1. The molecule has 0 aliphatic rings. The van der Waals surface area contributed by atoms with Crippen molar-refractivity contribution < 1.29 is 19.2 Å². The summed E-state index contributed by atoms with van der Waals surface area (Å²) in [6, 6.07) is 11.0. The van der Waals surface area contributed by atoms with Crippen molar-refractivity contribution in [1.29, 1.82) is 0 Å². The van der Waals surface area contributed by atoms with Gasteiger partial charge in [-0.05, 0) is 30.2 Å². The van der Waals surface area contributed by atoms with E-state index in [1.165, 1.54) is 12.1 Å². The number of ether oxygens (including phenoxy) is 1. The van der Waals surface area contributed by atoms with Gasteiger partial charge in [0.25, 0.3) is 11.6 Å². The van der Waals surface area contributed by atoms with Crippen LogP contribution in [0.1, 0.15) is 15.9 Å². The topological polar surface area (TPSA) is 111 Å². The van der Waals surface area contributed by atoms with E-state index in [0.29, 0.717) is 23.7 Å².